The van der Waals surface area contributed by atoms with Gasteiger partial charge in [0.05, 0.1) is 13.0 Å². The molecular formula is C7H10F2O3. The summed E-state index contributed by atoms with van der Waals surface area (Å²) in [5, 5.41) is 0. The third-order valence-electron chi connectivity index (χ3n) is 1.89. The van der Waals surface area contributed by atoms with Crippen molar-refractivity contribution < 1.29 is 23.0 Å². The molecule has 0 saturated carbocycles. The highest BCUT2D eigenvalue weighted by Gasteiger charge is 2.40. The van der Waals surface area contributed by atoms with E-state index in [1.165, 1.54) is 7.11 Å². The number of esters is 1. The lowest BCUT2D eigenvalue weighted by atomic mass is 10.0. The molecule has 0 radical (unpaired) electrons. The third-order valence-corrected chi connectivity index (χ3v) is 1.89. The fraction of sp³-hybridized carbons (Fsp3) is 0.857. The summed E-state index contributed by atoms with van der Waals surface area (Å²) in [4.78, 5) is 10.9. The first-order chi connectivity index (χ1) is 5.66. The molecule has 3 nitrogen and oxygen atoms in total. The minimum Gasteiger partial charge on any atom is -0.469 e. The Kier molecular flexibility index (Phi) is 2.97. The van der Waals surface area contributed by atoms with Crippen LogP contribution in [0, 0.1) is 5.92 Å². The highest BCUT2D eigenvalue weighted by atomic mass is 19.3. The van der Waals surface area contributed by atoms with Crippen molar-refractivity contribution in [2.75, 3.05) is 13.7 Å². The second kappa shape index (κ2) is 3.80. The number of ether oxygens (including phenoxy) is 2. The normalized spacial score (nSPS) is 29.3. The Hall–Kier alpha value is -0.710. The van der Waals surface area contributed by atoms with Gasteiger partial charge in [-0.3, -0.25) is 4.79 Å². The highest BCUT2D eigenvalue weighted by Crippen LogP contribution is 2.26. The van der Waals surface area contributed by atoms with Crippen LogP contribution in [0.25, 0.3) is 0 Å². The third kappa shape index (κ3) is 1.72. The van der Waals surface area contributed by atoms with E-state index in [2.05, 4.69) is 4.74 Å². The number of carbonyl (C=O) groups excluding carboxylic acids is 1. The maximum Gasteiger partial charge on any atom is 0.311 e. The van der Waals surface area contributed by atoms with Crippen molar-refractivity contribution in [1.82, 2.24) is 0 Å². The van der Waals surface area contributed by atoms with Gasteiger partial charge in [0, 0.05) is 6.61 Å². The van der Waals surface area contributed by atoms with E-state index in [1.807, 2.05) is 0 Å². The molecule has 2 atom stereocenters. The molecule has 1 heterocycles. The van der Waals surface area contributed by atoms with E-state index < -0.39 is 24.4 Å². The average Bonchev–Trinajstić information content (AvgIpc) is 2.50. The van der Waals surface area contributed by atoms with Crippen molar-refractivity contribution in [2.24, 2.45) is 5.92 Å². The minimum absolute atomic E-state index is 0.203. The molecule has 0 aliphatic carbocycles. The second-order valence-corrected chi connectivity index (χ2v) is 2.59. The molecule has 70 valence electrons. The summed E-state index contributed by atoms with van der Waals surface area (Å²) >= 11 is 0. The molecule has 5 heteroatoms. The molecule has 1 aliphatic rings. The average molecular weight is 180 g/mol. The van der Waals surface area contributed by atoms with Crippen LogP contribution in [0.5, 0.6) is 0 Å². The van der Waals surface area contributed by atoms with Gasteiger partial charge in [-0.05, 0) is 6.42 Å². The lowest BCUT2D eigenvalue weighted by molar-refractivity contribution is -0.150. The molecule has 0 bridgehead atoms. The van der Waals surface area contributed by atoms with Crippen LogP contribution < -0.4 is 0 Å². The molecule has 0 aromatic rings. The van der Waals surface area contributed by atoms with Crippen molar-refractivity contribution in [3.8, 4) is 0 Å². The van der Waals surface area contributed by atoms with E-state index in [0.29, 0.717) is 6.42 Å². The van der Waals surface area contributed by atoms with E-state index >= 15 is 0 Å². The summed E-state index contributed by atoms with van der Waals surface area (Å²) in [5.41, 5.74) is 0. The summed E-state index contributed by atoms with van der Waals surface area (Å²) in [5.74, 6) is -1.41. The lowest BCUT2D eigenvalue weighted by Crippen LogP contribution is -2.31. The first-order valence-electron chi connectivity index (χ1n) is 3.64. The Labute approximate surface area is 68.6 Å². The Morgan fingerprint density at radius 2 is 2.33 bits per heavy atom. The number of methoxy groups -OCH3 is 1. The van der Waals surface area contributed by atoms with Gasteiger partial charge in [0.1, 0.15) is 6.10 Å². The molecule has 1 saturated heterocycles. The standard InChI is InChI=1S/C7H10F2O3/c1-11-7(10)4-2-3-12-5(4)6(8)9/h4-6H,2-3H2,1H3/t4-,5+/m1/s1. The second-order valence-electron chi connectivity index (χ2n) is 2.59. The summed E-state index contributed by atoms with van der Waals surface area (Å²) < 4.78 is 33.4. The van der Waals surface area contributed by atoms with Crippen LogP contribution in [0.4, 0.5) is 8.78 Å². The Balaban J connectivity index is 2.57. The van der Waals surface area contributed by atoms with Gasteiger partial charge in [0.2, 0.25) is 0 Å². The monoisotopic (exact) mass is 180 g/mol. The molecule has 0 unspecified atom stereocenters. The number of hydrogen-bond donors (Lipinski definition) is 0. The van der Waals surface area contributed by atoms with Gasteiger partial charge >= 0.3 is 5.97 Å². The molecule has 1 rings (SSSR count). The molecular weight excluding hydrogens is 170 g/mol. The zero-order valence-electron chi connectivity index (χ0n) is 6.63. The van der Waals surface area contributed by atoms with Gasteiger partial charge in [0.25, 0.3) is 6.43 Å². The predicted octanol–water partition coefficient (Wildman–Crippen LogP) is 0.830. The van der Waals surface area contributed by atoms with Crippen LogP contribution in [0.1, 0.15) is 6.42 Å². The van der Waals surface area contributed by atoms with Crippen molar-refractivity contribution in [1.29, 1.82) is 0 Å². The number of hydrogen-bond acceptors (Lipinski definition) is 3. The quantitative estimate of drug-likeness (QED) is 0.590. The van der Waals surface area contributed by atoms with Crippen molar-refractivity contribution in [3.63, 3.8) is 0 Å². The maximum absolute atomic E-state index is 12.2. The van der Waals surface area contributed by atoms with E-state index in [1.54, 1.807) is 0 Å². The van der Waals surface area contributed by atoms with Gasteiger partial charge < -0.3 is 9.47 Å². The molecule has 0 aromatic carbocycles. The zero-order chi connectivity index (χ0) is 9.14. The largest absolute Gasteiger partial charge is 0.469 e. The van der Waals surface area contributed by atoms with Crippen molar-refractivity contribution in [3.05, 3.63) is 0 Å². The van der Waals surface area contributed by atoms with Gasteiger partial charge in [-0.2, -0.15) is 0 Å². The lowest BCUT2D eigenvalue weighted by Gasteiger charge is -2.14. The molecule has 0 N–H and O–H groups in total. The highest BCUT2D eigenvalue weighted by molar-refractivity contribution is 5.73. The van der Waals surface area contributed by atoms with Crippen LogP contribution in [0.15, 0.2) is 0 Å². The van der Waals surface area contributed by atoms with Crippen molar-refractivity contribution in [2.45, 2.75) is 19.0 Å². The topological polar surface area (TPSA) is 35.5 Å². The molecule has 1 fully saturated rings. The van der Waals surface area contributed by atoms with E-state index in [-0.39, 0.29) is 6.61 Å². The van der Waals surface area contributed by atoms with Gasteiger partial charge in [-0.25, -0.2) is 8.78 Å². The maximum atomic E-state index is 12.2. The minimum atomic E-state index is -2.61. The number of rotatable bonds is 2. The van der Waals surface area contributed by atoms with Crippen LogP contribution in [-0.4, -0.2) is 32.2 Å². The van der Waals surface area contributed by atoms with Crippen LogP contribution in [0.2, 0.25) is 0 Å². The SMILES string of the molecule is COC(=O)[C@@H]1CCO[C@@H]1C(F)F. The molecule has 0 aromatic heterocycles. The van der Waals surface area contributed by atoms with E-state index in [0.717, 1.165) is 0 Å². The van der Waals surface area contributed by atoms with Gasteiger partial charge in [-0.15, -0.1) is 0 Å². The number of halogens is 2. The first-order valence-corrected chi connectivity index (χ1v) is 3.64. The zero-order valence-corrected chi connectivity index (χ0v) is 6.63. The molecule has 1 aliphatic heterocycles. The fourth-order valence-electron chi connectivity index (χ4n) is 1.26. The number of carbonyl (C=O) groups is 1. The Morgan fingerprint density at radius 1 is 1.67 bits per heavy atom. The van der Waals surface area contributed by atoms with Crippen molar-refractivity contribution >= 4 is 5.97 Å². The van der Waals surface area contributed by atoms with Crippen LogP contribution >= 0.6 is 0 Å². The molecule has 0 spiro atoms. The fourth-order valence-corrected chi connectivity index (χ4v) is 1.26. The van der Waals surface area contributed by atoms with Gasteiger partial charge in [0.15, 0.2) is 0 Å². The van der Waals surface area contributed by atoms with Crippen LogP contribution in [-0.2, 0) is 14.3 Å². The predicted molar refractivity (Wildman–Crippen MR) is 35.9 cm³/mol. The summed E-state index contributed by atoms with van der Waals surface area (Å²) in [6, 6.07) is 0. The van der Waals surface area contributed by atoms with Crippen LogP contribution in [0.3, 0.4) is 0 Å². The Bertz CT molecular complexity index is 172. The van der Waals surface area contributed by atoms with E-state index in [4.69, 9.17) is 4.74 Å². The van der Waals surface area contributed by atoms with E-state index in [9.17, 15) is 13.6 Å². The number of alkyl halides is 2. The first kappa shape index (κ1) is 9.38. The smallest absolute Gasteiger partial charge is 0.311 e. The Morgan fingerprint density at radius 3 is 2.83 bits per heavy atom. The molecule has 12 heavy (non-hydrogen) atoms. The van der Waals surface area contributed by atoms with Gasteiger partial charge in [-0.1, -0.05) is 0 Å². The summed E-state index contributed by atoms with van der Waals surface area (Å²) in [7, 11) is 1.18. The summed E-state index contributed by atoms with van der Waals surface area (Å²) in [6.07, 6.45) is -3.57. The summed E-state index contributed by atoms with van der Waals surface area (Å²) in [6.45, 7) is 0.203. The molecule has 0 amide bonds.